The number of hydrogen-bond acceptors (Lipinski definition) is 4. The van der Waals surface area contributed by atoms with E-state index in [2.05, 4.69) is 10.2 Å². The van der Waals surface area contributed by atoms with E-state index in [1.54, 1.807) is 6.07 Å². The normalized spacial score (nSPS) is 25.9. The van der Waals surface area contributed by atoms with Crippen LogP contribution in [0.1, 0.15) is 18.4 Å². The molecule has 3 heterocycles. The third-order valence-corrected chi connectivity index (χ3v) is 6.71. The van der Waals surface area contributed by atoms with Crippen LogP contribution in [-0.4, -0.2) is 30.4 Å². The molecule has 0 aromatic heterocycles. The number of hydrogen-bond donors (Lipinski definition) is 1. The van der Waals surface area contributed by atoms with Gasteiger partial charge in [-0.25, -0.2) is 9.69 Å². The Morgan fingerprint density at radius 3 is 2.66 bits per heavy atom. The first-order chi connectivity index (χ1) is 13.9. The minimum atomic E-state index is -1.40. The summed E-state index contributed by atoms with van der Waals surface area (Å²) in [7, 11) is 0. The minimum Gasteiger partial charge on any atom is -0.367 e. The number of imide groups is 2. The summed E-state index contributed by atoms with van der Waals surface area (Å²) in [6.45, 7) is 0.760. The second-order valence-corrected chi connectivity index (χ2v) is 8.47. The number of amides is 4. The summed E-state index contributed by atoms with van der Waals surface area (Å²) in [5, 5.41) is 2.96. The van der Waals surface area contributed by atoms with Crippen molar-refractivity contribution in [2.24, 2.45) is 5.41 Å². The summed E-state index contributed by atoms with van der Waals surface area (Å²) < 4.78 is 0. The van der Waals surface area contributed by atoms with Crippen LogP contribution in [0.2, 0.25) is 10.0 Å². The fourth-order valence-corrected chi connectivity index (χ4v) is 5.27. The van der Waals surface area contributed by atoms with E-state index < -0.39 is 23.3 Å². The number of carbonyl (C=O) groups excluding carboxylic acids is 3. The summed E-state index contributed by atoms with van der Waals surface area (Å²) in [5.74, 6) is -1.10. The molecule has 3 aliphatic heterocycles. The predicted octanol–water partition coefficient (Wildman–Crippen LogP) is 3.79. The highest BCUT2D eigenvalue weighted by Crippen LogP contribution is 2.49. The van der Waals surface area contributed by atoms with E-state index in [1.165, 1.54) is 12.1 Å². The van der Waals surface area contributed by atoms with Crippen LogP contribution in [0.5, 0.6) is 0 Å². The fraction of sp³-hybridized carbons (Fsp3) is 0.286. The van der Waals surface area contributed by atoms with Crippen LogP contribution in [0.3, 0.4) is 0 Å². The molecular weight excluding hydrogens is 413 g/mol. The molecule has 4 amide bonds. The zero-order chi connectivity index (χ0) is 20.3. The number of rotatable bonds is 1. The smallest absolute Gasteiger partial charge is 0.335 e. The van der Waals surface area contributed by atoms with Gasteiger partial charge in [-0.2, -0.15) is 0 Å². The van der Waals surface area contributed by atoms with Crippen molar-refractivity contribution in [2.75, 3.05) is 16.3 Å². The van der Waals surface area contributed by atoms with Gasteiger partial charge in [-0.1, -0.05) is 41.4 Å². The van der Waals surface area contributed by atoms with Crippen LogP contribution in [0.4, 0.5) is 16.2 Å². The molecule has 0 unspecified atom stereocenters. The van der Waals surface area contributed by atoms with Crippen LogP contribution in [0, 0.1) is 5.41 Å². The Morgan fingerprint density at radius 1 is 1.03 bits per heavy atom. The van der Waals surface area contributed by atoms with Crippen molar-refractivity contribution >= 4 is 52.4 Å². The van der Waals surface area contributed by atoms with Crippen molar-refractivity contribution in [3.63, 3.8) is 0 Å². The van der Waals surface area contributed by atoms with E-state index >= 15 is 0 Å². The zero-order valence-corrected chi connectivity index (χ0v) is 16.8. The van der Waals surface area contributed by atoms with Gasteiger partial charge in [-0.05, 0) is 49.1 Å². The fourth-order valence-electron chi connectivity index (χ4n) is 4.91. The molecular formula is C21H17Cl2N3O3. The number of fused-ring (bicyclic) bond motifs is 4. The number of anilines is 2. The van der Waals surface area contributed by atoms with Gasteiger partial charge in [0.15, 0.2) is 5.41 Å². The van der Waals surface area contributed by atoms with Gasteiger partial charge in [0.05, 0.1) is 16.8 Å². The summed E-state index contributed by atoms with van der Waals surface area (Å²) in [6, 6.07) is 11.2. The maximum Gasteiger partial charge on any atom is 0.335 e. The zero-order valence-electron chi connectivity index (χ0n) is 15.3. The standard InChI is InChI=1S/C21H17Cl2N3O3/c22-13-7-8-14(23)16(10-13)26-19(28)21(18(27)24-20(26)29)11-12-4-1-2-5-15(12)25-9-3-6-17(21)25/h1-2,4-5,7-8,10,17H,3,6,9,11H2,(H,24,27,29)/t17-,21-/m0/s1. The van der Waals surface area contributed by atoms with E-state index in [4.69, 9.17) is 23.2 Å². The van der Waals surface area contributed by atoms with Crippen molar-refractivity contribution < 1.29 is 14.4 Å². The molecule has 148 valence electrons. The van der Waals surface area contributed by atoms with E-state index in [0.717, 1.165) is 29.1 Å². The van der Waals surface area contributed by atoms with Crippen LogP contribution >= 0.6 is 23.2 Å². The molecule has 1 N–H and O–H groups in total. The molecule has 2 aromatic rings. The van der Waals surface area contributed by atoms with Crippen molar-refractivity contribution in [1.82, 2.24) is 5.32 Å². The maximum absolute atomic E-state index is 13.9. The van der Waals surface area contributed by atoms with Crippen molar-refractivity contribution in [1.29, 1.82) is 0 Å². The van der Waals surface area contributed by atoms with E-state index in [0.29, 0.717) is 11.4 Å². The molecule has 0 saturated carbocycles. The number of urea groups is 1. The molecule has 0 radical (unpaired) electrons. The lowest BCUT2D eigenvalue weighted by Crippen LogP contribution is -2.71. The molecule has 2 fully saturated rings. The van der Waals surface area contributed by atoms with Gasteiger partial charge in [0.1, 0.15) is 0 Å². The number of halogens is 2. The number of para-hydroxylation sites is 1. The Hall–Kier alpha value is -2.57. The average Bonchev–Trinajstić information content (AvgIpc) is 3.19. The molecule has 29 heavy (non-hydrogen) atoms. The molecule has 6 nitrogen and oxygen atoms in total. The first kappa shape index (κ1) is 18.5. The van der Waals surface area contributed by atoms with Crippen molar-refractivity contribution in [3.8, 4) is 0 Å². The molecule has 1 spiro atoms. The lowest BCUT2D eigenvalue weighted by Gasteiger charge is -2.49. The Morgan fingerprint density at radius 2 is 1.83 bits per heavy atom. The average molecular weight is 430 g/mol. The van der Waals surface area contributed by atoms with Crippen LogP contribution in [0.25, 0.3) is 0 Å². The van der Waals surface area contributed by atoms with Crippen LogP contribution in [0.15, 0.2) is 42.5 Å². The van der Waals surface area contributed by atoms with Gasteiger partial charge in [0.25, 0.3) is 5.91 Å². The number of nitrogens with one attached hydrogen (secondary N) is 1. The van der Waals surface area contributed by atoms with Gasteiger partial charge in [-0.15, -0.1) is 0 Å². The molecule has 3 aliphatic rings. The van der Waals surface area contributed by atoms with Crippen molar-refractivity contribution in [2.45, 2.75) is 25.3 Å². The molecule has 2 saturated heterocycles. The topological polar surface area (TPSA) is 69.7 Å². The van der Waals surface area contributed by atoms with Gasteiger partial charge in [0.2, 0.25) is 5.91 Å². The SMILES string of the molecule is O=C1NC(=O)[C@@]2(Cc3ccccc3N3CCC[C@H]32)C(=O)N1c1cc(Cl)ccc1Cl. The Balaban J connectivity index is 1.68. The number of benzene rings is 2. The molecule has 5 rings (SSSR count). The van der Waals surface area contributed by atoms with Crippen LogP contribution in [-0.2, 0) is 16.0 Å². The largest absolute Gasteiger partial charge is 0.367 e. The molecule has 0 aliphatic carbocycles. The third kappa shape index (κ3) is 2.52. The Labute approximate surface area is 177 Å². The highest BCUT2D eigenvalue weighted by atomic mass is 35.5. The van der Waals surface area contributed by atoms with Crippen molar-refractivity contribution in [3.05, 3.63) is 58.1 Å². The lowest BCUT2D eigenvalue weighted by atomic mass is 9.68. The second kappa shape index (κ2) is 6.47. The van der Waals surface area contributed by atoms with Crippen LogP contribution < -0.4 is 15.1 Å². The van der Waals surface area contributed by atoms with Gasteiger partial charge < -0.3 is 4.90 Å². The number of nitrogens with zero attached hydrogens (tertiary/aromatic N) is 2. The predicted molar refractivity (Wildman–Crippen MR) is 110 cm³/mol. The highest BCUT2D eigenvalue weighted by molar-refractivity contribution is 6.39. The second-order valence-electron chi connectivity index (χ2n) is 7.62. The van der Waals surface area contributed by atoms with Gasteiger partial charge >= 0.3 is 6.03 Å². The monoisotopic (exact) mass is 429 g/mol. The number of carbonyl (C=O) groups is 3. The van der Waals surface area contributed by atoms with Gasteiger partial charge in [-0.3, -0.25) is 14.9 Å². The van der Waals surface area contributed by atoms with E-state index in [-0.39, 0.29) is 23.2 Å². The van der Waals surface area contributed by atoms with E-state index in [1.807, 2.05) is 24.3 Å². The number of barbiturate groups is 1. The highest BCUT2D eigenvalue weighted by Gasteiger charge is 2.63. The maximum atomic E-state index is 13.9. The Kier molecular flexibility index (Phi) is 4.12. The summed E-state index contributed by atoms with van der Waals surface area (Å²) in [5.41, 5.74) is 0.743. The first-order valence-corrected chi connectivity index (χ1v) is 10.2. The summed E-state index contributed by atoms with van der Waals surface area (Å²) in [4.78, 5) is 42.9. The molecule has 8 heteroatoms. The lowest BCUT2D eigenvalue weighted by molar-refractivity contribution is -0.144. The van der Waals surface area contributed by atoms with Gasteiger partial charge in [0, 0.05) is 17.3 Å². The first-order valence-electron chi connectivity index (χ1n) is 9.43. The minimum absolute atomic E-state index is 0.178. The molecule has 2 aromatic carbocycles. The third-order valence-electron chi connectivity index (χ3n) is 6.15. The molecule has 2 atom stereocenters. The molecule has 0 bridgehead atoms. The quantitative estimate of drug-likeness (QED) is 0.700. The summed E-state index contributed by atoms with van der Waals surface area (Å²) >= 11 is 12.4. The summed E-state index contributed by atoms with van der Waals surface area (Å²) in [6.07, 6.45) is 1.79. The van der Waals surface area contributed by atoms with E-state index in [9.17, 15) is 14.4 Å². The Bertz CT molecular complexity index is 1070.